The first-order chi connectivity index (χ1) is 10.6. The average Bonchev–Trinajstić information content (AvgIpc) is 2.54. The van der Waals surface area contributed by atoms with Gasteiger partial charge >= 0.3 is 5.97 Å². The third-order valence-corrected chi connectivity index (χ3v) is 2.85. The predicted octanol–water partition coefficient (Wildman–Crippen LogP) is 2.13. The molecule has 2 aromatic carbocycles. The summed E-state index contributed by atoms with van der Waals surface area (Å²) in [6.07, 6.45) is 0.176. The number of benzene rings is 2. The number of aliphatic hydroxyl groups is 1. The summed E-state index contributed by atoms with van der Waals surface area (Å²) in [4.78, 5) is 22.8. The van der Waals surface area contributed by atoms with Crippen molar-refractivity contribution in [1.82, 2.24) is 5.32 Å². The number of amides is 1. The lowest BCUT2D eigenvalue weighted by atomic mass is 10.1. The maximum absolute atomic E-state index is 11.9. The number of carbonyl (C=O) groups excluding carboxylic acids is 2. The van der Waals surface area contributed by atoms with Crippen molar-refractivity contribution < 1.29 is 19.4 Å². The molecule has 0 aliphatic carbocycles. The Morgan fingerprint density at radius 1 is 1.14 bits per heavy atom. The lowest BCUT2D eigenvalue weighted by Gasteiger charge is -2.05. The fourth-order valence-electron chi connectivity index (χ4n) is 1.81. The topological polar surface area (TPSA) is 75.6 Å². The Morgan fingerprint density at radius 3 is 2.41 bits per heavy atom. The Hall–Kier alpha value is -2.40. The zero-order valence-corrected chi connectivity index (χ0v) is 12.8. The van der Waals surface area contributed by atoms with Crippen molar-refractivity contribution >= 4 is 22.6 Å². The monoisotopic (exact) mass is 303 g/mol. The van der Waals surface area contributed by atoms with Crippen LogP contribution in [0.15, 0.2) is 42.5 Å². The summed E-state index contributed by atoms with van der Waals surface area (Å²) < 4.78 is 4.51. The summed E-state index contributed by atoms with van der Waals surface area (Å²) in [5.74, 6) is -0.520. The quantitative estimate of drug-likeness (QED) is 0.848. The van der Waals surface area contributed by atoms with Crippen LogP contribution < -0.4 is 5.32 Å². The van der Waals surface area contributed by atoms with Gasteiger partial charge in [0.25, 0.3) is 5.91 Å². The van der Waals surface area contributed by atoms with E-state index in [0.29, 0.717) is 5.56 Å². The second-order valence-corrected chi connectivity index (χ2v) is 4.46. The van der Waals surface area contributed by atoms with Gasteiger partial charge in [0, 0.05) is 18.7 Å². The molecule has 0 saturated heterocycles. The molecule has 1 amide bonds. The molecule has 0 radical (unpaired) electrons. The van der Waals surface area contributed by atoms with E-state index >= 15 is 0 Å². The second kappa shape index (κ2) is 9.52. The number of esters is 1. The molecule has 2 aromatic rings. The number of rotatable bonds is 4. The van der Waals surface area contributed by atoms with Gasteiger partial charge in [-0.05, 0) is 29.8 Å². The van der Waals surface area contributed by atoms with Gasteiger partial charge in [0.05, 0.1) is 13.5 Å². The molecule has 0 unspecified atom stereocenters. The predicted molar refractivity (Wildman–Crippen MR) is 85.7 cm³/mol. The van der Waals surface area contributed by atoms with Crippen molar-refractivity contribution in [3.8, 4) is 0 Å². The van der Waals surface area contributed by atoms with Crippen molar-refractivity contribution in [3.05, 3.63) is 48.0 Å². The van der Waals surface area contributed by atoms with Gasteiger partial charge in [-0.1, -0.05) is 30.3 Å². The second-order valence-electron chi connectivity index (χ2n) is 4.46. The summed E-state index contributed by atoms with van der Waals surface area (Å²) in [7, 11) is 1.33. The van der Waals surface area contributed by atoms with Crippen molar-refractivity contribution in [2.24, 2.45) is 0 Å². The Morgan fingerprint density at radius 2 is 1.77 bits per heavy atom. The third kappa shape index (κ3) is 5.54. The molecule has 118 valence electrons. The SMILES string of the molecule is CCO.COC(=O)CCNC(=O)c1ccc2ccccc2c1. The molecule has 0 spiro atoms. The molecule has 0 aliphatic heterocycles. The van der Waals surface area contributed by atoms with Crippen molar-refractivity contribution in [1.29, 1.82) is 0 Å². The highest BCUT2D eigenvalue weighted by molar-refractivity contribution is 5.98. The van der Waals surface area contributed by atoms with E-state index in [4.69, 9.17) is 5.11 Å². The first-order valence-corrected chi connectivity index (χ1v) is 7.07. The summed E-state index contributed by atoms with van der Waals surface area (Å²) in [6.45, 7) is 2.21. The molecule has 2 N–H and O–H groups in total. The first-order valence-electron chi connectivity index (χ1n) is 7.07. The minimum Gasteiger partial charge on any atom is -0.469 e. The molecule has 5 heteroatoms. The largest absolute Gasteiger partial charge is 0.469 e. The minimum atomic E-state index is -0.334. The average molecular weight is 303 g/mol. The molecule has 0 saturated carbocycles. The molecule has 0 heterocycles. The van der Waals surface area contributed by atoms with E-state index in [2.05, 4.69) is 10.1 Å². The molecule has 5 nitrogen and oxygen atoms in total. The minimum absolute atomic E-state index is 0.176. The van der Waals surface area contributed by atoms with E-state index in [0.717, 1.165) is 10.8 Å². The highest BCUT2D eigenvalue weighted by atomic mass is 16.5. The lowest BCUT2D eigenvalue weighted by Crippen LogP contribution is -2.26. The van der Waals surface area contributed by atoms with E-state index in [1.54, 1.807) is 13.0 Å². The Bertz CT molecular complexity index is 625. The normalized spacial score (nSPS) is 9.59. The lowest BCUT2D eigenvalue weighted by molar-refractivity contribution is -0.140. The van der Waals surface area contributed by atoms with E-state index in [1.165, 1.54) is 7.11 Å². The molecule has 0 aromatic heterocycles. The molecular formula is C17H21NO4. The van der Waals surface area contributed by atoms with Crippen molar-refractivity contribution in [2.75, 3.05) is 20.3 Å². The highest BCUT2D eigenvalue weighted by Crippen LogP contribution is 2.15. The van der Waals surface area contributed by atoms with Crippen molar-refractivity contribution in [3.63, 3.8) is 0 Å². The smallest absolute Gasteiger partial charge is 0.307 e. The molecule has 0 atom stereocenters. The van der Waals surface area contributed by atoms with Crippen LogP contribution in [-0.2, 0) is 9.53 Å². The van der Waals surface area contributed by atoms with Gasteiger partial charge < -0.3 is 15.2 Å². The Balaban J connectivity index is 0.000000745. The van der Waals surface area contributed by atoms with Gasteiger partial charge in [-0.2, -0.15) is 0 Å². The summed E-state index contributed by atoms with van der Waals surface area (Å²) >= 11 is 0. The van der Waals surface area contributed by atoms with Crippen LogP contribution in [0.25, 0.3) is 10.8 Å². The number of hydrogen-bond acceptors (Lipinski definition) is 4. The maximum atomic E-state index is 11.9. The van der Waals surface area contributed by atoms with Crippen LogP contribution in [-0.4, -0.2) is 37.2 Å². The fourth-order valence-corrected chi connectivity index (χ4v) is 1.81. The molecule has 2 rings (SSSR count). The van der Waals surface area contributed by atoms with E-state index in [1.807, 2.05) is 36.4 Å². The Kier molecular flexibility index (Phi) is 7.64. The van der Waals surface area contributed by atoms with Gasteiger partial charge in [0.2, 0.25) is 0 Å². The van der Waals surface area contributed by atoms with E-state index in [9.17, 15) is 9.59 Å². The van der Waals surface area contributed by atoms with Crippen LogP contribution >= 0.6 is 0 Å². The standard InChI is InChI=1S/C15H15NO3.C2H6O/c1-19-14(17)8-9-16-15(18)13-7-6-11-4-2-3-5-12(11)10-13;1-2-3/h2-7,10H,8-9H2,1H3,(H,16,18);3H,2H2,1H3. The van der Waals surface area contributed by atoms with Crippen LogP contribution in [0.4, 0.5) is 0 Å². The fraction of sp³-hybridized carbons (Fsp3) is 0.294. The van der Waals surface area contributed by atoms with E-state index < -0.39 is 0 Å². The molecule has 0 aliphatic rings. The van der Waals surface area contributed by atoms with Crippen LogP contribution in [0.2, 0.25) is 0 Å². The van der Waals surface area contributed by atoms with Crippen LogP contribution in [0.5, 0.6) is 0 Å². The maximum Gasteiger partial charge on any atom is 0.307 e. The van der Waals surface area contributed by atoms with Gasteiger partial charge in [0.15, 0.2) is 0 Å². The van der Waals surface area contributed by atoms with Crippen LogP contribution in [0.3, 0.4) is 0 Å². The number of fused-ring (bicyclic) bond motifs is 1. The number of aliphatic hydroxyl groups excluding tert-OH is 1. The molecule has 0 fully saturated rings. The summed E-state index contributed by atoms with van der Waals surface area (Å²) in [5.41, 5.74) is 0.587. The van der Waals surface area contributed by atoms with Crippen LogP contribution in [0, 0.1) is 0 Å². The van der Waals surface area contributed by atoms with Gasteiger partial charge in [-0.3, -0.25) is 9.59 Å². The number of nitrogens with one attached hydrogen (secondary N) is 1. The number of ether oxygens (including phenoxy) is 1. The van der Waals surface area contributed by atoms with Gasteiger partial charge in [-0.25, -0.2) is 0 Å². The Labute approximate surface area is 129 Å². The zero-order valence-electron chi connectivity index (χ0n) is 12.8. The summed E-state index contributed by atoms with van der Waals surface area (Å²) in [6, 6.07) is 13.4. The first kappa shape index (κ1) is 17.7. The summed E-state index contributed by atoms with van der Waals surface area (Å²) in [5, 5.41) is 12.4. The van der Waals surface area contributed by atoms with Crippen molar-refractivity contribution in [2.45, 2.75) is 13.3 Å². The number of carbonyl (C=O) groups is 2. The van der Waals surface area contributed by atoms with Gasteiger partial charge in [-0.15, -0.1) is 0 Å². The van der Waals surface area contributed by atoms with E-state index in [-0.39, 0.29) is 31.4 Å². The number of hydrogen-bond donors (Lipinski definition) is 2. The number of methoxy groups -OCH3 is 1. The molecular weight excluding hydrogens is 282 g/mol. The zero-order chi connectivity index (χ0) is 16.4. The molecule has 0 bridgehead atoms. The third-order valence-electron chi connectivity index (χ3n) is 2.85. The highest BCUT2D eigenvalue weighted by Gasteiger charge is 2.07. The molecule has 22 heavy (non-hydrogen) atoms. The van der Waals surface area contributed by atoms with Gasteiger partial charge in [0.1, 0.15) is 0 Å². The van der Waals surface area contributed by atoms with Crippen LogP contribution in [0.1, 0.15) is 23.7 Å².